The molecule has 1 N–H and O–H groups in total. The highest BCUT2D eigenvalue weighted by molar-refractivity contribution is 5.29. The lowest BCUT2D eigenvalue weighted by Gasteiger charge is -2.07. The fourth-order valence-corrected chi connectivity index (χ4v) is 1.68. The van der Waals surface area contributed by atoms with Crippen LogP contribution in [0.25, 0.3) is 0 Å². The molecule has 0 aliphatic carbocycles. The van der Waals surface area contributed by atoms with Crippen LogP contribution in [0.4, 0.5) is 4.39 Å². The number of hydrogen-bond acceptors (Lipinski definition) is 3. The van der Waals surface area contributed by atoms with Crippen LogP contribution in [0.1, 0.15) is 18.9 Å². The highest BCUT2D eigenvalue weighted by Gasteiger charge is 2.01. The van der Waals surface area contributed by atoms with E-state index in [0.29, 0.717) is 11.6 Å². The Morgan fingerprint density at radius 2 is 2.16 bits per heavy atom. The summed E-state index contributed by atoms with van der Waals surface area (Å²) in [6.07, 6.45) is 2.79. The number of nitrogens with zero attached hydrogens (tertiary/aromatic N) is 1. The minimum absolute atomic E-state index is 0.321. The number of benzene rings is 1. The van der Waals surface area contributed by atoms with Crippen molar-refractivity contribution >= 4 is 0 Å². The fourth-order valence-electron chi connectivity index (χ4n) is 1.68. The van der Waals surface area contributed by atoms with Crippen molar-refractivity contribution in [1.29, 1.82) is 0 Å². The highest BCUT2D eigenvalue weighted by Crippen LogP contribution is 2.20. The van der Waals surface area contributed by atoms with Gasteiger partial charge < -0.3 is 10.1 Å². The zero-order chi connectivity index (χ0) is 13.5. The largest absolute Gasteiger partial charge is 0.439 e. The van der Waals surface area contributed by atoms with Gasteiger partial charge in [0.25, 0.3) is 0 Å². The Morgan fingerprint density at radius 1 is 1.26 bits per heavy atom. The summed E-state index contributed by atoms with van der Waals surface area (Å²) in [5, 5.41) is 3.31. The number of pyridine rings is 1. The van der Waals surface area contributed by atoms with E-state index in [1.165, 1.54) is 12.1 Å². The molecule has 0 aliphatic heterocycles. The summed E-state index contributed by atoms with van der Waals surface area (Å²) < 4.78 is 18.6. The summed E-state index contributed by atoms with van der Waals surface area (Å²) in [6.45, 7) is 3.87. The molecule has 0 amide bonds. The molecule has 3 nitrogen and oxygen atoms in total. The van der Waals surface area contributed by atoms with Crippen LogP contribution in [0, 0.1) is 5.82 Å². The number of ether oxygens (including phenoxy) is 1. The van der Waals surface area contributed by atoms with E-state index in [0.717, 1.165) is 25.1 Å². The van der Waals surface area contributed by atoms with Crippen molar-refractivity contribution in [1.82, 2.24) is 10.3 Å². The molecule has 4 heteroatoms. The molecule has 2 rings (SSSR count). The van der Waals surface area contributed by atoms with E-state index in [-0.39, 0.29) is 5.82 Å². The maximum atomic E-state index is 13.0. The molecule has 0 atom stereocenters. The van der Waals surface area contributed by atoms with Gasteiger partial charge >= 0.3 is 0 Å². The molecule has 1 aromatic heterocycles. The topological polar surface area (TPSA) is 34.2 Å². The van der Waals surface area contributed by atoms with Crippen LogP contribution in [-0.2, 0) is 6.54 Å². The van der Waals surface area contributed by atoms with E-state index in [9.17, 15) is 4.39 Å². The SMILES string of the molecule is CCCNCc1ccnc(Oc2cccc(F)c2)c1. The van der Waals surface area contributed by atoms with Crippen LogP contribution < -0.4 is 10.1 Å². The fraction of sp³-hybridized carbons (Fsp3) is 0.267. The van der Waals surface area contributed by atoms with Crippen molar-refractivity contribution < 1.29 is 9.13 Å². The maximum Gasteiger partial charge on any atom is 0.219 e. The summed E-state index contributed by atoms with van der Waals surface area (Å²) >= 11 is 0. The van der Waals surface area contributed by atoms with Gasteiger partial charge in [0.1, 0.15) is 11.6 Å². The zero-order valence-electron chi connectivity index (χ0n) is 10.9. The van der Waals surface area contributed by atoms with Crippen molar-refractivity contribution in [2.45, 2.75) is 19.9 Å². The first-order valence-electron chi connectivity index (χ1n) is 6.37. The highest BCUT2D eigenvalue weighted by atomic mass is 19.1. The number of rotatable bonds is 6. The third-order valence-corrected chi connectivity index (χ3v) is 2.57. The Hall–Kier alpha value is -1.94. The summed E-state index contributed by atoms with van der Waals surface area (Å²) in [5.41, 5.74) is 1.09. The molecular formula is C15H17FN2O. The average molecular weight is 260 g/mol. The molecule has 19 heavy (non-hydrogen) atoms. The molecule has 0 radical (unpaired) electrons. The van der Waals surface area contributed by atoms with Crippen LogP contribution in [-0.4, -0.2) is 11.5 Å². The molecule has 0 bridgehead atoms. The standard InChI is InChI=1S/C15H17FN2O/c1-2-7-17-11-12-6-8-18-15(9-12)19-14-5-3-4-13(16)10-14/h3-6,8-10,17H,2,7,11H2,1H3. The van der Waals surface area contributed by atoms with Gasteiger partial charge in [0, 0.05) is 24.9 Å². The molecule has 0 spiro atoms. The Bertz CT molecular complexity index is 531. The predicted molar refractivity (Wildman–Crippen MR) is 72.7 cm³/mol. The number of hydrogen-bond donors (Lipinski definition) is 1. The van der Waals surface area contributed by atoms with Crippen molar-refractivity contribution in [2.75, 3.05) is 6.54 Å². The Kier molecular flexibility index (Phi) is 4.86. The van der Waals surface area contributed by atoms with Crippen LogP contribution in [0.5, 0.6) is 11.6 Å². The lowest BCUT2D eigenvalue weighted by Crippen LogP contribution is -2.13. The minimum Gasteiger partial charge on any atom is -0.439 e. The first kappa shape index (κ1) is 13.5. The van der Waals surface area contributed by atoms with Gasteiger partial charge in [0.15, 0.2) is 0 Å². The summed E-state index contributed by atoms with van der Waals surface area (Å²) in [4.78, 5) is 4.12. The summed E-state index contributed by atoms with van der Waals surface area (Å²) in [5.74, 6) is 0.603. The van der Waals surface area contributed by atoms with Gasteiger partial charge in [-0.1, -0.05) is 13.0 Å². The number of nitrogens with one attached hydrogen (secondary N) is 1. The van der Waals surface area contributed by atoms with E-state index >= 15 is 0 Å². The normalized spacial score (nSPS) is 10.4. The van der Waals surface area contributed by atoms with Crippen LogP contribution in [0.3, 0.4) is 0 Å². The smallest absolute Gasteiger partial charge is 0.219 e. The van der Waals surface area contributed by atoms with Gasteiger partial charge in [-0.25, -0.2) is 9.37 Å². The van der Waals surface area contributed by atoms with Crippen molar-refractivity contribution in [3.63, 3.8) is 0 Å². The summed E-state index contributed by atoms with van der Waals surface area (Å²) in [6, 6.07) is 9.81. The minimum atomic E-state index is -0.321. The van der Waals surface area contributed by atoms with Gasteiger partial charge in [0.2, 0.25) is 5.88 Å². The monoisotopic (exact) mass is 260 g/mol. The van der Waals surface area contributed by atoms with E-state index in [1.54, 1.807) is 18.3 Å². The second-order valence-corrected chi connectivity index (χ2v) is 4.24. The van der Waals surface area contributed by atoms with Crippen molar-refractivity contribution in [3.05, 3.63) is 54.0 Å². The van der Waals surface area contributed by atoms with Gasteiger partial charge in [-0.05, 0) is 36.7 Å². The molecule has 100 valence electrons. The van der Waals surface area contributed by atoms with Gasteiger partial charge in [-0.3, -0.25) is 0 Å². The molecule has 0 saturated carbocycles. The second kappa shape index (κ2) is 6.85. The molecule has 0 unspecified atom stereocenters. The third kappa shape index (κ3) is 4.34. The Morgan fingerprint density at radius 3 is 2.95 bits per heavy atom. The first-order chi connectivity index (χ1) is 9.28. The second-order valence-electron chi connectivity index (χ2n) is 4.24. The molecule has 0 saturated heterocycles. The molecule has 0 fully saturated rings. The van der Waals surface area contributed by atoms with E-state index in [4.69, 9.17) is 4.74 Å². The Labute approximate surface area is 112 Å². The molecular weight excluding hydrogens is 243 g/mol. The van der Waals surface area contributed by atoms with Crippen molar-refractivity contribution in [2.24, 2.45) is 0 Å². The Balaban J connectivity index is 2.02. The molecule has 2 aromatic rings. The first-order valence-corrected chi connectivity index (χ1v) is 6.37. The van der Waals surface area contributed by atoms with E-state index < -0.39 is 0 Å². The zero-order valence-corrected chi connectivity index (χ0v) is 10.9. The van der Waals surface area contributed by atoms with Gasteiger partial charge in [-0.15, -0.1) is 0 Å². The van der Waals surface area contributed by atoms with Crippen molar-refractivity contribution in [3.8, 4) is 11.6 Å². The quantitative estimate of drug-likeness (QED) is 0.807. The predicted octanol–water partition coefficient (Wildman–Crippen LogP) is 3.51. The van der Waals surface area contributed by atoms with Crippen LogP contribution >= 0.6 is 0 Å². The molecule has 1 heterocycles. The van der Waals surface area contributed by atoms with E-state index in [2.05, 4.69) is 17.2 Å². The maximum absolute atomic E-state index is 13.0. The van der Waals surface area contributed by atoms with Crippen LogP contribution in [0.15, 0.2) is 42.6 Å². The third-order valence-electron chi connectivity index (χ3n) is 2.57. The van der Waals surface area contributed by atoms with Gasteiger partial charge in [0.05, 0.1) is 0 Å². The number of halogens is 1. The summed E-state index contributed by atoms with van der Waals surface area (Å²) in [7, 11) is 0. The lowest BCUT2D eigenvalue weighted by atomic mass is 10.2. The van der Waals surface area contributed by atoms with E-state index in [1.807, 2.05) is 12.1 Å². The molecule has 0 aliphatic rings. The molecule has 1 aromatic carbocycles. The van der Waals surface area contributed by atoms with Gasteiger partial charge in [-0.2, -0.15) is 0 Å². The lowest BCUT2D eigenvalue weighted by molar-refractivity contribution is 0.457. The number of aromatic nitrogens is 1. The van der Waals surface area contributed by atoms with Crippen LogP contribution in [0.2, 0.25) is 0 Å². The average Bonchev–Trinajstić information content (AvgIpc) is 2.39.